The molecule has 0 radical (unpaired) electrons. The minimum atomic E-state index is -0.129. The van der Waals surface area contributed by atoms with Crippen molar-refractivity contribution in [3.63, 3.8) is 0 Å². The normalized spacial score (nSPS) is 13.8. The van der Waals surface area contributed by atoms with Crippen LogP contribution >= 0.6 is 0 Å². The van der Waals surface area contributed by atoms with Gasteiger partial charge in [-0.3, -0.25) is 4.79 Å². The molecule has 1 aliphatic carbocycles. The fraction of sp³-hybridized carbons (Fsp3) is 0.240. The van der Waals surface area contributed by atoms with Gasteiger partial charge in [-0.05, 0) is 57.0 Å². The van der Waals surface area contributed by atoms with Crippen LogP contribution in [0.2, 0.25) is 0 Å². The summed E-state index contributed by atoms with van der Waals surface area (Å²) in [7, 11) is 0. The fourth-order valence-electron chi connectivity index (χ4n) is 4.04. The topological polar surface area (TPSA) is 91.6 Å². The van der Waals surface area contributed by atoms with Crippen LogP contribution in [0.1, 0.15) is 44.3 Å². The molecule has 0 aliphatic heterocycles. The summed E-state index contributed by atoms with van der Waals surface area (Å²) in [5.41, 5.74) is 3.97. The summed E-state index contributed by atoms with van der Waals surface area (Å²) in [6.07, 6.45) is 9.40. The smallest absolute Gasteiger partial charge is 0.202 e. The van der Waals surface area contributed by atoms with Gasteiger partial charge in [0.05, 0.1) is 28.7 Å². The predicted octanol–water partition coefficient (Wildman–Crippen LogP) is 4.76. The summed E-state index contributed by atoms with van der Waals surface area (Å²) in [6, 6.07) is 11.3. The van der Waals surface area contributed by atoms with Gasteiger partial charge in [0.15, 0.2) is 5.82 Å². The molecule has 0 unspecified atom stereocenters. The molecule has 8 nitrogen and oxygen atoms in total. The number of imidazole rings is 1. The van der Waals surface area contributed by atoms with E-state index in [1.54, 1.807) is 18.7 Å². The second kappa shape index (κ2) is 7.51. The van der Waals surface area contributed by atoms with Crippen molar-refractivity contribution in [2.45, 2.75) is 38.6 Å². The van der Waals surface area contributed by atoms with Crippen LogP contribution in [0.15, 0.2) is 70.7 Å². The van der Waals surface area contributed by atoms with Crippen LogP contribution < -0.4 is 5.43 Å². The summed E-state index contributed by atoms with van der Waals surface area (Å²) < 4.78 is 9.72. The molecule has 0 bridgehead atoms. The number of rotatable bonds is 5. The standard InChI is InChI=1S/C25H22N6O2/c1-15(2)31-14-27-29-25(31)21-5-3-4-20(28-21)19-12-33-23-9-8-17(10-18(23)24(19)32)30-11-22(26-13-30)16-6-7-16/h3-5,8-16H,6-7H2,1-2H3. The number of aromatic nitrogens is 6. The van der Waals surface area contributed by atoms with E-state index in [1.165, 1.54) is 19.1 Å². The van der Waals surface area contributed by atoms with Crippen LogP contribution in [-0.4, -0.2) is 29.3 Å². The minimum absolute atomic E-state index is 0.129. The Kier molecular flexibility index (Phi) is 4.46. The Morgan fingerprint density at radius 1 is 1.09 bits per heavy atom. The van der Waals surface area contributed by atoms with Gasteiger partial charge in [-0.2, -0.15) is 0 Å². The van der Waals surface area contributed by atoms with Gasteiger partial charge >= 0.3 is 0 Å². The third-order valence-electron chi connectivity index (χ3n) is 6.04. The molecule has 164 valence electrons. The highest BCUT2D eigenvalue weighted by Gasteiger charge is 2.26. The van der Waals surface area contributed by atoms with Crippen LogP contribution in [0.5, 0.6) is 0 Å². The molecule has 1 aromatic carbocycles. The Balaban J connectivity index is 1.43. The monoisotopic (exact) mass is 438 g/mol. The van der Waals surface area contributed by atoms with E-state index in [4.69, 9.17) is 9.40 Å². The summed E-state index contributed by atoms with van der Waals surface area (Å²) in [6.45, 7) is 4.11. The van der Waals surface area contributed by atoms with E-state index in [2.05, 4.69) is 29.0 Å². The van der Waals surface area contributed by atoms with Crippen molar-refractivity contribution in [3.8, 4) is 28.5 Å². The molecule has 0 atom stereocenters. The Morgan fingerprint density at radius 3 is 2.76 bits per heavy atom. The molecule has 5 aromatic rings. The molecular formula is C25H22N6O2. The van der Waals surface area contributed by atoms with Crippen molar-refractivity contribution < 1.29 is 4.42 Å². The van der Waals surface area contributed by atoms with E-state index in [-0.39, 0.29) is 11.5 Å². The van der Waals surface area contributed by atoms with Crippen LogP contribution in [0.3, 0.4) is 0 Å². The van der Waals surface area contributed by atoms with Gasteiger partial charge in [0.25, 0.3) is 0 Å². The van der Waals surface area contributed by atoms with Crippen molar-refractivity contribution in [1.29, 1.82) is 0 Å². The lowest BCUT2D eigenvalue weighted by molar-refractivity contribution is 0.602. The zero-order valence-electron chi connectivity index (χ0n) is 18.3. The van der Waals surface area contributed by atoms with E-state index in [0.29, 0.717) is 39.7 Å². The number of pyridine rings is 1. The third kappa shape index (κ3) is 3.44. The number of hydrogen-bond acceptors (Lipinski definition) is 6. The van der Waals surface area contributed by atoms with Gasteiger partial charge in [-0.25, -0.2) is 9.97 Å². The first-order chi connectivity index (χ1) is 16.1. The lowest BCUT2D eigenvalue weighted by Gasteiger charge is -2.10. The molecule has 6 rings (SSSR count). The highest BCUT2D eigenvalue weighted by Crippen LogP contribution is 2.39. The first-order valence-corrected chi connectivity index (χ1v) is 11.1. The molecule has 0 saturated heterocycles. The Labute approximate surface area is 189 Å². The zero-order valence-corrected chi connectivity index (χ0v) is 18.3. The molecule has 0 N–H and O–H groups in total. The molecule has 4 aromatic heterocycles. The van der Waals surface area contributed by atoms with E-state index >= 15 is 0 Å². The summed E-state index contributed by atoms with van der Waals surface area (Å²) in [5, 5.41) is 8.74. The molecule has 0 spiro atoms. The first-order valence-electron chi connectivity index (χ1n) is 11.1. The molecule has 33 heavy (non-hydrogen) atoms. The molecule has 4 heterocycles. The maximum Gasteiger partial charge on any atom is 0.202 e. The summed E-state index contributed by atoms with van der Waals surface area (Å²) in [4.78, 5) is 22.7. The minimum Gasteiger partial charge on any atom is -0.463 e. The lowest BCUT2D eigenvalue weighted by atomic mass is 10.1. The predicted molar refractivity (Wildman–Crippen MR) is 124 cm³/mol. The molecule has 1 fully saturated rings. The molecule has 1 saturated carbocycles. The van der Waals surface area contributed by atoms with Gasteiger partial charge in [0, 0.05) is 23.8 Å². The number of benzene rings is 1. The number of fused-ring (bicyclic) bond motifs is 1. The summed E-state index contributed by atoms with van der Waals surface area (Å²) in [5.74, 6) is 1.23. The average molecular weight is 438 g/mol. The van der Waals surface area contributed by atoms with Crippen molar-refractivity contribution >= 4 is 11.0 Å². The van der Waals surface area contributed by atoms with Crippen LogP contribution in [0.25, 0.3) is 39.4 Å². The Hall–Kier alpha value is -4.07. The van der Waals surface area contributed by atoms with Gasteiger partial charge in [0.2, 0.25) is 5.43 Å². The third-order valence-corrected chi connectivity index (χ3v) is 6.04. The molecule has 0 amide bonds. The average Bonchev–Trinajstić information content (AvgIpc) is 3.34. The molecular weight excluding hydrogens is 416 g/mol. The summed E-state index contributed by atoms with van der Waals surface area (Å²) >= 11 is 0. The van der Waals surface area contributed by atoms with Crippen LogP contribution in [-0.2, 0) is 0 Å². The van der Waals surface area contributed by atoms with Gasteiger partial charge < -0.3 is 13.6 Å². The largest absolute Gasteiger partial charge is 0.463 e. The lowest BCUT2D eigenvalue weighted by Crippen LogP contribution is -2.07. The van der Waals surface area contributed by atoms with E-state index in [0.717, 1.165) is 11.4 Å². The number of nitrogens with zero attached hydrogens (tertiary/aromatic N) is 6. The maximum absolute atomic E-state index is 13.5. The van der Waals surface area contributed by atoms with Crippen molar-refractivity contribution in [1.82, 2.24) is 29.3 Å². The Morgan fingerprint density at radius 2 is 1.94 bits per heavy atom. The first kappa shape index (κ1) is 19.6. The SMILES string of the molecule is CC(C)n1cnnc1-c1cccc(-c2coc3ccc(-n4cnc(C5CC5)c4)cc3c2=O)n1. The van der Waals surface area contributed by atoms with E-state index < -0.39 is 0 Å². The van der Waals surface area contributed by atoms with Crippen LogP contribution in [0, 0.1) is 0 Å². The number of hydrogen-bond donors (Lipinski definition) is 0. The van der Waals surface area contributed by atoms with Gasteiger partial charge in [0.1, 0.15) is 23.9 Å². The second-order valence-corrected chi connectivity index (χ2v) is 8.70. The van der Waals surface area contributed by atoms with Crippen LogP contribution in [0.4, 0.5) is 0 Å². The zero-order chi connectivity index (χ0) is 22.5. The van der Waals surface area contributed by atoms with Crippen molar-refractivity contribution in [2.24, 2.45) is 0 Å². The Bertz CT molecular complexity index is 1540. The fourth-order valence-corrected chi connectivity index (χ4v) is 4.04. The van der Waals surface area contributed by atoms with Gasteiger partial charge in [-0.15, -0.1) is 10.2 Å². The van der Waals surface area contributed by atoms with Crippen molar-refractivity contribution in [3.05, 3.63) is 77.4 Å². The van der Waals surface area contributed by atoms with E-state index in [1.807, 2.05) is 45.7 Å². The van der Waals surface area contributed by atoms with Gasteiger partial charge in [-0.1, -0.05) is 6.07 Å². The molecule has 8 heteroatoms. The second-order valence-electron chi connectivity index (χ2n) is 8.70. The van der Waals surface area contributed by atoms with E-state index in [9.17, 15) is 4.79 Å². The van der Waals surface area contributed by atoms with Crippen molar-refractivity contribution in [2.75, 3.05) is 0 Å². The quantitative estimate of drug-likeness (QED) is 0.393. The maximum atomic E-state index is 13.5. The highest BCUT2D eigenvalue weighted by atomic mass is 16.3. The molecule has 1 aliphatic rings. The highest BCUT2D eigenvalue weighted by molar-refractivity contribution is 5.83.